The molecule has 2 heterocycles. The normalized spacial score (nSPS) is 15.7. The Morgan fingerprint density at radius 1 is 0.774 bits per heavy atom. The molecule has 5 rings (SSSR count). The summed E-state index contributed by atoms with van der Waals surface area (Å²) in [5.41, 5.74) is 5.45. The van der Waals surface area contributed by atoms with Gasteiger partial charge in [-0.05, 0) is 47.9 Å². The van der Waals surface area contributed by atoms with Crippen LogP contribution in [0.15, 0.2) is 84.6 Å². The molecule has 2 aliphatic rings. The average molecular weight is 409 g/mol. The molecule has 0 bridgehead atoms. The highest BCUT2D eigenvalue weighted by molar-refractivity contribution is 6.46. The van der Waals surface area contributed by atoms with E-state index in [-0.39, 0.29) is 11.8 Å². The highest BCUT2D eigenvalue weighted by atomic mass is 16.2. The molecule has 0 radical (unpaired) electrons. The Bertz CT molecular complexity index is 1200. The second-order valence-electron chi connectivity index (χ2n) is 7.98. The molecule has 0 unspecified atom stereocenters. The van der Waals surface area contributed by atoms with Crippen molar-refractivity contribution in [1.82, 2.24) is 0 Å². The van der Waals surface area contributed by atoms with Crippen LogP contribution in [0, 0.1) is 0 Å². The largest absolute Gasteiger partial charge is 0.378 e. The van der Waals surface area contributed by atoms with E-state index in [0.717, 1.165) is 23.4 Å². The topological polar surface area (TPSA) is 43.9 Å². The Hall–Kier alpha value is -3.86. The van der Waals surface area contributed by atoms with Crippen molar-refractivity contribution in [2.45, 2.75) is 6.42 Å². The molecule has 154 valence electrons. The standard InChI is InChI=1S/C26H23N3O2/c1-27(2)20-12-14-21(15-13-20)29-25(30)23(19-9-4-3-5-10-19)24(26(29)31)28-17-16-18-8-6-7-11-22(18)28/h3-15H,16-17H2,1-2H3. The van der Waals surface area contributed by atoms with E-state index in [0.29, 0.717) is 23.5 Å². The molecule has 0 spiro atoms. The van der Waals surface area contributed by atoms with Crippen molar-refractivity contribution < 1.29 is 9.59 Å². The third-order valence-corrected chi connectivity index (χ3v) is 5.90. The summed E-state index contributed by atoms with van der Waals surface area (Å²) < 4.78 is 0. The number of hydrogen-bond donors (Lipinski definition) is 0. The van der Waals surface area contributed by atoms with Gasteiger partial charge in [0.2, 0.25) is 0 Å². The van der Waals surface area contributed by atoms with Crippen molar-refractivity contribution >= 4 is 34.4 Å². The number of anilines is 3. The van der Waals surface area contributed by atoms with E-state index >= 15 is 0 Å². The van der Waals surface area contributed by atoms with Gasteiger partial charge in [-0.3, -0.25) is 9.59 Å². The predicted octanol–water partition coefficient (Wildman–Crippen LogP) is 4.10. The molecule has 0 atom stereocenters. The molecule has 3 aromatic carbocycles. The fourth-order valence-corrected chi connectivity index (χ4v) is 4.34. The van der Waals surface area contributed by atoms with Crippen LogP contribution >= 0.6 is 0 Å². The third kappa shape index (κ3) is 3.10. The summed E-state index contributed by atoms with van der Waals surface area (Å²) in [4.78, 5) is 32.6. The number of imide groups is 1. The maximum absolute atomic E-state index is 13.7. The number of amides is 2. The van der Waals surface area contributed by atoms with Gasteiger partial charge in [0.05, 0.1) is 11.3 Å². The van der Waals surface area contributed by atoms with Gasteiger partial charge in [-0.25, -0.2) is 4.90 Å². The highest BCUT2D eigenvalue weighted by Crippen LogP contribution is 2.40. The third-order valence-electron chi connectivity index (χ3n) is 5.90. The number of para-hydroxylation sites is 1. The van der Waals surface area contributed by atoms with Crippen LogP contribution in [0.4, 0.5) is 17.1 Å². The van der Waals surface area contributed by atoms with Crippen LogP contribution in [-0.4, -0.2) is 32.5 Å². The predicted molar refractivity (Wildman–Crippen MR) is 124 cm³/mol. The van der Waals surface area contributed by atoms with Crippen LogP contribution < -0.4 is 14.7 Å². The van der Waals surface area contributed by atoms with Gasteiger partial charge in [0.1, 0.15) is 5.70 Å². The van der Waals surface area contributed by atoms with Crippen LogP contribution in [0.5, 0.6) is 0 Å². The fourth-order valence-electron chi connectivity index (χ4n) is 4.34. The first-order valence-corrected chi connectivity index (χ1v) is 10.4. The number of carbonyl (C=O) groups is 2. The Balaban J connectivity index is 1.63. The van der Waals surface area contributed by atoms with Crippen LogP contribution in [0.2, 0.25) is 0 Å². The number of rotatable bonds is 4. The summed E-state index contributed by atoms with van der Waals surface area (Å²) in [6.07, 6.45) is 0.848. The van der Waals surface area contributed by atoms with Crippen LogP contribution in [0.1, 0.15) is 11.1 Å². The zero-order chi connectivity index (χ0) is 21.5. The molecule has 5 nitrogen and oxygen atoms in total. The lowest BCUT2D eigenvalue weighted by atomic mass is 10.0. The molecule has 0 aromatic heterocycles. The van der Waals surface area contributed by atoms with Crippen molar-refractivity contribution in [3.63, 3.8) is 0 Å². The monoisotopic (exact) mass is 409 g/mol. The summed E-state index contributed by atoms with van der Waals surface area (Å²) in [7, 11) is 3.91. The van der Waals surface area contributed by atoms with Crippen molar-refractivity contribution in [3.8, 4) is 0 Å². The van der Waals surface area contributed by atoms with Crippen LogP contribution in [0.3, 0.4) is 0 Å². The van der Waals surface area contributed by atoms with Gasteiger partial charge in [-0.1, -0.05) is 48.5 Å². The molecule has 2 amide bonds. The molecule has 0 N–H and O–H groups in total. The second-order valence-corrected chi connectivity index (χ2v) is 7.98. The molecule has 2 aliphatic heterocycles. The van der Waals surface area contributed by atoms with Crippen molar-refractivity contribution in [2.24, 2.45) is 0 Å². The number of benzene rings is 3. The van der Waals surface area contributed by atoms with Crippen LogP contribution in [-0.2, 0) is 16.0 Å². The van der Waals surface area contributed by atoms with E-state index in [1.807, 2.05) is 96.7 Å². The molecule has 0 saturated carbocycles. The zero-order valence-electron chi connectivity index (χ0n) is 17.6. The average Bonchev–Trinajstić information content (AvgIpc) is 3.32. The van der Waals surface area contributed by atoms with Crippen molar-refractivity contribution in [1.29, 1.82) is 0 Å². The van der Waals surface area contributed by atoms with E-state index in [2.05, 4.69) is 6.07 Å². The summed E-state index contributed by atoms with van der Waals surface area (Å²) in [6.45, 7) is 0.678. The summed E-state index contributed by atoms with van der Waals surface area (Å²) in [5.74, 6) is -0.564. The molecule has 0 saturated heterocycles. The Morgan fingerprint density at radius 2 is 1.45 bits per heavy atom. The summed E-state index contributed by atoms with van der Waals surface area (Å²) in [5, 5.41) is 0. The maximum atomic E-state index is 13.7. The lowest BCUT2D eigenvalue weighted by molar-refractivity contribution is -0.120. The quantitative estimate of drug-likeness (QED) is 0.609. The lowest BCUT2D eigenvalue weighted by Crippen LogP contribution is -2.34. The zero-order valence-corrected chi connectivity index (χ0v) is 17.6. The van der Waals surface area contributed by atoms with Gasteiger partial charge in [0.15, 0.2) is 0 Å². The number of fused-ring (bicyclic) bond motifs is 1. The van der Waals surface area contributed by atoms with Gasteiger partial charge in [-0.2, -0.15) is 0 Å². The van der Waals surface area contributed by atoms with Gasteiger partial charge in [0, 0.05) is 32.0 Å². The molecule has 5 heteroatoms. The Morgan fingerprint density at radius 3 is 2.16 bits per heavy atom. The molecule has 31 heavy (non-hydrogen) atoms. The van der Waals surface area contributed by atoms with Gasteiger partial charge < -0.3 is 9.80 Å². The van der Waals surface area contributed by atoms with E-state index in [1.54, 1.807) is 0 Å². The minimum absolute atomic E-state index is 0.279. The first-order chi connectivity index (χ1) is 15.1. The first-order valence-electron chi connectivity index (χ1n) is 10.4. The molecule has 0 aliphatic carbocycles. The van der Waals surface area contributed by atoms with Gasteiger partial charge in [0.25, 0.3) is 11.8 Å². The fraction of sp³-hybridized carbons (Fsp3) is 0.154. The Labute approximate surface area is 181 Å². The van der Waals surface area contributed by atoms with E-state index in [4.69, 9.17) is 0 Å². The molecular formula is C26H23N3O2. The summed E-state index contributed by atoms with van der Waals surface area (Å²) in [6, 6.07) is 25.0. The highest BCUT2D eigenvalue weighted by Gasteiger charge is 2.44. The lowest BCUT2D eigenvalue weighted by Gasteiger charge is -2.22. The number of nitrogens with zero attached hydrogens (tertiary/aromatic N) is 3. The van der Waals surface area contributed by atoms with Gasteiger partial charge >= 0.3 is 0 Å². The van der Waals surface area contributed by atoms with Crippen molar-refractivity contribution in [3.05, 3.63) is 95.7 Å². The second kappa shape index (κ2) is 7.43. The number of hydrogen-bond acceptors (Lipinski definition) is 4. The molecule has 0 fully saturated rings. The minimum atomic E-state index is -0.284. The SMILES string of the molecule is CN(C)c1ccc(N2C(=O)C(c3ccccc3)=C(N3CCc4ccccc43)C2=O)cc1. The molecule has 3 aromatic rings. The van der Waals surface area contributed by atoms with E-state index in [9.17, 15) is 9.59 Å². The van der Waals surface area contributed by atoms with E-state index < -0.39 is 0 Å². The smallest absolute Gasteiger partial charge is 0.282 e. The maximum Gasteiger partial charge on any atom is 0.282 e. The van der Waals surface area contributed by atoms with Crippen LogP contribution in [0.25, 0.3) is 5.57 Å². The number of carbonyl (C=O) groups excluding carboxylic acids is 2. The summed E-state index contributed by atoms with van der Waals surface area (Å²) >= 11 is 0. The van der Waals surface area contributed by atoms with Crippen molar-refractivity contribution in [2.75, 3.05) is 35.3 Å². The van der Waals surface area contributed by atoms with Gasteiger partial charge in [-0.15, -0.1) is 0 Å². The molecular weight excluding hydrogens is 386 g/mol. The first kappa shape index (κ1) is 19.1. The van der Waals surface area contributed by atoms with E-state index in [1.165, 1.54) is 10.5 Å². The minimum Gasteiger partial charge on any atom is -0.378 e. The Kier molecular flexibility index (Phi) is 4.59.